The van der Waals surface area contributed by atoms with Crippen molar-refractivity contribution < 1.29 is 9.53 Å². The molecule has 4 aromatic rings. The van der Waals surface area contributed by atoms with Gasteiger partial charge in [-0.3, -0.25) is 18.8 Å². The van der Waals surface area contributed by atoms with E-state index < -0.39 is 0 Å². The van der Waals surface area contributed by atoms with Crippen molar-refractivity contribution in [1.82, 2.24) is 19.3 Å². The van der Waals surface area contributed by atoms with Crippen LogP contribution in [0.5, 0.6) is 5.75 Å². The lowest BCUT2D eigenvalue weighted by Gasteiger charge is -2.12. The lowest BCUT2D eigenvalue weighted by Crippen LogP contribution is -2.25. The van der Waals surface area contributed by atoms with Gasteiger partial charge in [0.15, 0.2) is 10.7 Å². The Kier molecular flexibility index (Phi) is 6.79. The molecule has 2 aromatic carbocycles. The molecule has 0 bridgehead atoms. The number of ether oxygens (including phenoxy) is 1. The van der Waals surface area contributed by atoms with Crippen LogP contribution < -0.4 is 15.6 Å². The fraction of sp³-hybridized carbons (Fsp3) is 0.250. The Morgan fingerprint density at radius 1 is 1.18 bits per heavy atom. The molecule has 33 heavy (non-hydrogen) atoms. The molecule has 170 valence electrons. The van der Waals surface area contributed by atoms with Crippen molar-refractivity contribution in [2.75, 3.05) is 18.2 Å². The van der Waals surface area contributed by atoms with E-state index in [1.54, 1.807) is 34.7 Å². The molecule has 0 aliphatic carbocycles. The van der Waals surface area contributed by atoms with Gasteiger partial charge in [0.05, 0.1) is 25.6 Å². The summed E-state index contributed by atoms with van der Waals surface area (Å²) in [4.78, 5) is 30.5. The highest BCUT2D eigenvalue weighted by atomic mass is 32.2. The number of carbonyl (C=O) groups excluding carboxylic acids is 1. The van der Waals surface area contributed by atoms with E-state index in [1.807, 2.05) is 50.2 Å². The number of rotatable bonds is 8. The van der Waals surface area contributed by atoms with Gasteiger partial charge in [0.2, 0.25) is 5.91 Å². The summed E-state index contributed by atoms with van der Waals surface area (Å²) in [5.74, 6) is 0.562. The lowest BCUT2D eigenvalue weighted by atomic mass is 10.1. The Balaban J connectivity index is 1.61. The molecule has 0 radical (unpaired) electrons. The SMILES string of the molecule is CCn1cc2nc(SCC(=O)Nc3cccc(OC)c3)n(Cc3ccc(C)cc3)c(=O)c2n1. The molecule has 2 aromatic heterocycles. The van der Waals surface area contributed by atoms with Gasteiger partial charge in [0.25, 0.3) is 5.56 Å². The summed E-state index contributed by atoms with van der Waals surface area (Å²) < 4.78 is 8.48. The quantitative estimate of drug-likeness (QED) is 0.316. The number of hydrogen-bond acceptors (Lipinski definition) is 6. The molecule has 2 heterocycles. The summed E-state index contributed by atoms with van der Waals surface area (Å²) in [7, 11) is 1.58. The second-order valence-electron chi connectivity index (χ2n) is 7.56. The number of thioether (sulfide) groups is 1. The number of nitrogens with one attached hydrogen (secondary N) is 1. The van der Waals surface area contributed by atoms with E-state index >= 15 is 0 Å². The number of methoxy groups -OCH3 is 1. The minimum absolute atomic E-state index is 0.102. The number of aryl methyl sites for hydroxylation is 2. The molecule has 8 nitrogen and oxygen atoms in total. The van der Waals surface area contributed by atoms with Crippen LogP contribution in [-0.2, 0) is 17.9 Å². The molecular weight excluding hydrogens is 438 g/mol. The zero-order valence-electron chi connectivity index (χ0n) is 18.7. The predicted molar refractivity (Wildman–Crippen MR) is 130 cm³/mol. The van der Waals surface area contributed by atoms with Crippen molar-refractivity contribution >= 4 is 34.4 Å². The smallest absolute Gasteiger partial charge is 0.282 e. The predicted octanol–water partition coefficient (Wildman–Crippen LogP) is 3.71. The average Bonchev–Trinajstić information content (AvgIpc) is 3.25. The van der Waals surface area contributed by atoms with Gasteiger partial charge in [-0.25, -0.2) is 4.98 Å². The second kappa shape index (κ2) is 9.91. The zero-order valence-corrected chi connectivity index (χ0v) is 19.6. The topological polar surface area (TPSA) is 91.0 Å². The standard InChI is InChI=1S/C24H25N5O3S/c1-4-28-14-20-22(27-28)23(31)29(13-17-10-8-16(2)9-11-17)24(26-20)33-15-21(30)25-18-6-5-7-19(12-18)32-3/h5-12,14H,4,13,15H2,1-3H3,(H,25,30). The Hall–Kier alpha value is -3.59. The Labute approximate surface area is 195 Å². The minimum Gasteiger partial charge on any atom is -0.497 e. The molecule has 0 atom stereocenters. The van der Waals surface area contributed by atoms with Crippen LogP contribution in [0.4, 0.5) is 5.69 Å². The molecule has 0 saturated carbocycles. The van der Waals surface area contributed by atoms with E-state index in [9.17, 15) is 9.59 Å². The summed E-state index contributed by atoms with van der Waals surface area (Å²) in [6, 6.07) is 15.1. The molecular formula is C24H25N5O3S. The molecule has 0 unspecified atom stereocenters. The number of amides is 1. The molecule has 0 aliphatic heterocycles. The number of hydrogen-bond donors (Lipinski definition) is 1. The van der Waals surface area contributed by atoms with E-state index in [0.29, 0.717) is 40.7 Å². The largest absolute Gasteiger partial charge is 0.497 e. The van der Waals surface area contributed by atoms with Crippen molar-refractivity contribution in [3.63, 3.8) is 0 Å². The van der Waals surface area contributed by atoms with Crippen LogP contribution >= 0.6 is 11.8 Å². The summed E-state index contributed by atoms with van der Waals surface area (Å²) in [5, 5.41) is 7.71. The summed E-state index contributed by atoms with van der Waals surface area (Å²) in [6.45, 7) is 4.96. The first kappa shape index (κ1) is 22.6. The first-order chi connectivity index (χ1) is 16.0. The minimum atomic E-state index is -0.219. The molecule has 9 heteroatoms. The zero-order chi connectivity index (χ0) is 23.4. The van der Waals surface area contributed by atoms with Crippen molar-refractivity contribution in [3.8, 4) is 5.75 Å². The molecule has 4 rings (SSSR count). The maximum Gasteiger partial charge on any atom is 0.282 e. The van der Waals surface area contributed by atoms with Gasteiger partial charge in [0.1, 0.15) is 11.3 Å². The maximum absolute atomic E-state index is 13.3. The Morgan fingerprint density at radius 2 is 1.97 bits per heavy atom. The van der Waals surface area contributed by atoms with E-state index in [1.165, 1.54) is 11.8 Å². The number of benzene rings is 2. The highest BCUT2D eigenvalue weighted by molar-refractivity contribution is 7.99. The molecule has 1 amide bonds. The summed E-state index contributed by atoms with van der Waals surface area (Å²) >= 11 is 1.22. The monoisotopic (exact) mass is 463 g/mol. The van der Waals surface area contributed by atoms with Crippen LogP contribution in [0.15, 0.2) is 64.7 Å². The van der Waals surface area contributed by atoms with Crippen LogP contribution in [0, 0.1) is 6.92 Å². The first-order valence-electron chi connectivity index (χ1n) is 10.6. The number of anilines is 1. The highest BCUT2D eigenvalue weighted by Crippen LogP contribution is 2.21. The van der Waals surface area contributed by atoms with E-state index in [2.05, 4.69) is 15.4 Å². The lowest BCUT2D eigenvalue weighted by molar-refractivity contribution is -0.113. The normalized spacial score (nSPS) is 11.0. The molecule has 1 N–H and O–H groups in total. The van der Waals surface area contributed by atoms with Gasteiger partial charge in [-0.15, -0.1) is 0 Å². The molecule has 0 fully saturated rings. The van der Waals surface area contributed by atoms with Gasteiger partial charge in [0, 0.05) is 18.3 Å². The number of nitrogens with zero attached hydrogens (tertiary/aromatic N) is 4. The Bertz CT molecular complexity index is 1340. The number of fused-ring (bicyclic) bond motifs is 1. The fourth-order valence-electron chi connectivity index (χ4n) is 3.34. The van der Waals surface area contributed by atoms with Crippen molar-refractivity contribution in [2.45, 2.75) is 32.1 Å². The van der Waals surface area contributed by atoms with Crippen LogP contribution in [0.3, 0.4) is 0 Å². The Morgan fingerprint density at radius 3 is 2.70 bits per heavy atom. The van der Waals surface area contributed by atoms with E-state index in [-0.39, 0.29) is 17.2 Å². The van der Waals surface area contributed by atoms with Crippen LogP contribution in [0.1, 0.15) is 18.1 Å². The number of aromatic nitrogens is 4. The fourth-order valence-corrected chi connectivity index (χ4v) is 4.14. The first-order valence-corrected chi connectivity index (χ1v) is 11.6. The van der Waals surface area contributed by atoms with Crippen LogP contribution in [0.2, 0.25) is 0 Å². The third-order valence-corrected chi connectivity index (χ3v) is 6.08. The van der Waals surface area contributed by atoms with E-state index in [4.69, 9.17) is 4.74 Å². The average molecular weight is 464 g/mol. The third-order valence-electron chi connectivity index (χ3n) is 5.11. The van der Waals surface area contributed by atoms with Crippen molar-refractivity contribution in [1.29, 1.82) is 0 Å². The maximum atomic E-state index is 13.3. The van der Waals surface area contributed by atoms with Crippen molar-refractivity contribution in [3.05, 3.63) is 76.2 Å². The van der Waals surface area contributed by atoms with Gasteiger partial charge in [-0.05, 0) is 31.5 Å². The van der Waals surface area contributed by atoms with Gasteiger partial charge >= 0.3 is 0 Å². The number of carbonyl (C=O) groups is 1. The highest BCUT2D eigenvalue weighted by Gasteiger charge is 2.16. The van der Waals surface area contributed by atoms with Crippen molar-refractivity contribution in [2.24, 2.45) is 0 Å². The van der Waals surface area contributed by atoms with Gasteiger partial charge in [-0.2, -0.15) is 5.10 Å². The van der Waals surface area contributed by atoms with Gasteiger partial charge < -0.3 is 10.1 Å². The van der Waals surface area contributed by atoms with Gasteiger partial charge in [-0.1, -0.05) is 47.7 Å². The molecule has 0 aliphatic rings. The summed E-state index contributed by atoms with van der Waals surface area (Å²) in [5.41, 5.74) is 3.39. The molecule has 0 spiro atoms. The second-order valence-corrected chi connectivity index (χ2v) is 8.50. The molecule has 0 saturated heterocycles. The van der Waals surface area contributed by atoms with E-state index in [0.717, 1.165) is 11.1 Å². The summed E-state index contributed by atoms with van der Waals surface area (Å²) in [6.07, 6.45) is 1.76. The van der Waals surface area contributed by atoms with Crippen LogP contribution in [-0.4, -0.2) is 38.1 Å². The van der Waals surface area contributed by atoms with Crippen LogP contribution in [0.25, 0.3) is 11.0 Å². The third kappa shape index (κ3) is 5.25.